The van der Waals surface area contributed by atoms with E-state index in [4.69, 9.17) is 12.2 Å². The fourth-order valence-corrected chi connectivity index (χ4v) is 3.14. The van der Waals surface area contributed by atoms with Crippen LogP contribution in [0.2, 0.25) is 0 Å². The van der Waals surface area contributed by atoms with Crippen molar-refractivity contribution in [2.75, 3.05) is 10.6 Å². The Labute approximate surface area is 168 Å². The minimum absolute atomic E-state index is 0.0357. The Morgan fingerprint density at radius 1 is 1.11 bits per heavy atom. The number of hydrogen-bond donors (Lipinski definition) is 2. The molecule has 0 aliphatic heterocycles. The van der Waals surface area contributed by atoms with Gasteiger partial charge >= 0.3 is 0 Å². The van der Waals surface area contributed by atoms with E-state index in [1.807, 2.05) is 30.7 Å². The minimum atomic E-state index is -0.435. The van der Waals surface area contributed by atoms with Crippen LogP contribution >= 0.6 is 12.2 Å². The van der Waals surface area contributed by atoms with Crippen molar-refractivity contribution in [1.82, 2.24) is 9.78 Å². The summed E-state index contributed by atoms with van der Waals surface area (Å²) in [6, 6.07) is 14.3. The van der Waals surface area contributed by atoms with Gasteiger partial charge in [-0.15, -0.1) is 0 Å². The maximum absolute atomic E-state index is 10.7. The number of nitro groups is 1. The third-order valence-corrected chi connectivity index (χ3v) is 4.74. The Morgan fingerprint density at radius 2 is 1.79 bits per heavy atom. The van der Waals surface area contributed by atoms with E-state index in [0.29, 0.717) is 17.3 Å². The van der Waals surface area contributed by atoms with Crippen LogP contribution in [-0.2, 0) is 6.54 Å². The van der Waals surface area contributed by atoms with Crippen LogP contribution in [0.25, 0.3) is 0 Å². The molecule has 2 aromatic carbocycles. The zero-order valence-electron chi connectivity index (χ0n) is 15.9. The summed E-state index contributed by atoms with van der Waals surface area (Å²) in [4.78, 5) is 10.3. The van der Waals surface area contributed by atoms with Crippen LogP contribution in [0.5, 0.6) is 0 Å². The molecule has 8 heteroatoms. The summed E-state index contributed by atoms with van der Waals surface area (Å²) in [7, 11) is 0. The summed E-state index contributed by atoms with van der Waals surface area (Å²) in [6.07, 6.45) is 0. The number of nitro benzene ring substituents is 1. The molecule has 0 saturated heterocycles. The summed E-state index contributed by atoms with van der Waals surface area (Å²) in [5.74, 6) is 0. The van der Waals surface area contributed by atoms with Crippen molar-refractivity contribution in [3.8, 4) is 0 Å². The molecule has 0 radical (unpaired) electrons. The van der Waals surface area contributed by atoms with Crippen molar-refractivity contribution in [2.45, 2.75) is 27.3 Å². The lowest BCUT2D eigenvalue weighted by Crippen LogP contribution is -2.20. The lowest BCUT2D eigenvalue weighted by Gasteiger charge is -2.11. The highest BCUT2D eigenvalue weighted by Crippen LogP contribution is 2.22. The molecule has 0 aliphatic rings. The summed E-state index contributed by atoms with van der Waals surface area (Å²) >= 11 is 5.39. The summed E-state index contributed by atoms with van der Waals surface area (Å²) < 4.78 is 1.95. The number of aryl methyl sites for hydroxylation is 2. The molecule has 0 fully saturated rings. The van der Waals surface area contributed by atoms with Gasteiger partial charge < -0.3 is 10.6 Å². The Bertz CT molecular complexity index is 1030. The summed E-state index contributed by atoms with van der Waals surface area (Å²) in [5.41, 5.74) is 5.82. The Morgan fingerprint density at radius 3 is 2.43 bits per heavy atom. The van der Waals surface area contributed by atoms with E-state index in [2.05, 4.69) is 34.8 Å². The second-order valence-electron chi connectivity index (χ2n) is 6.51. The van der Waals surface area contributed by atoms with Crippen molar-refractivity contribution in [2.24, 2.45) is 0 Å². The fourth-order valence-electron chi connectivity index (χ4n) is 2.92. The number of thiocarbonyl (C=S) groups is 1. The Balaban J connectivity index is 1.72. The van der Waals surface area contributed by atoms with Gasteiger partial charge in [-0.3, -0.25) is 14.8 Å². The predicted octanol–water partition coefficient (Wildman–Crippen LogP) is 4.57. The quantitative estimate of drug-likeness (QED) is 0.374. The predicted molar refractivity (Wildman–Crippen MR) is 115 cm³/mol. The molecular formula is C20H21N5O2S. The van der Waals surface area contributed by atoms with E-state index in [1.165, 1.54) is 23.3 Å². The summed E-state index contributed by atoms with van der Waals surface area (Å²) in [6.45, 7) is 6.69. The molecule has 0 saturated carbocycles. The van der Waals surface area contributed by atoms with Gasteiger partial charge in [-0.2, -0.15) is 5.10 Å². The van der Waals surface area contributed by atoms with Crippen LogP contribution in [0, 0.1) is 30.9 Å². The van der Waals surface area contributed by atoms with E-state index in [0.717, 1.165) is 17.1 Å². The van der Waals surface area contributed by atoms with Gasteiger partial charge in [-0.05, 0) is 56.2 Å². The first-order chi connectivity index (χ1) is 13.3. The standard InChI is InChI=1S/C20H21N5O2S/c1-13-6-4-5-7-16(13)12-24-15(3)19(14(2)23-24)22-20(28)21-17-8-10-18(11-9-17)25(26)27/h4-11H,12H2,1-3H3,(H2,21,22,28). The third kappa shape index (κ3) is 4.34. The lowest BCUT2D eigenvalue weighted by molar-refractivity contribution is -0.384. The SMILES string of the molecule is Cc1ccccc1Cn1nc(C)c(NC(=S)Nc2ccc([N+](=O)[O-])cc2)c1C. The molecule has 28 heavy (non-hydrogen) atoms. The minimum Gasteiger partial charge on any atom is -0.332 e. The highest BCUT2D eigenvalue weighted by atomic mass is 32.1. The second-order valence-corrected chi connectivity index (χ2v) is 6.92. The van der Waals surface area contributed by atoms with Crippen molar-refractivity contribution < 1.29 is 4.92 Å². The molecule has 3 rings (SSSR count). The molecule has 1 heterocycles. The molecular weight excluding hydrogens is 374 g/mol. The van der Waals surface area contributed by atoms with E-state index in [1.54, 1.807) is 12.1 Å². The van der Waals surface area contributed by atoms with Crippen molar-refractivity contribution >= 4 is 34.4 Å². The van der Waals surface area contributed by atoms with Crippen LogP contribution in [0.4, 0.5) is 17.1 Å². The molecule has 0 spiro atoms. The number of hydrogen-bond acceptors (Lipinski definition) is 4. The zero-order chi connectivity index (χ0) is 20.3. The zero-order valence-corrected chi connectivity index (χ0v) is 16.7. The van der Waals surface area contributed by atoms with Crippen LogP contribution in [0.3, 0.4) is 0 Å². The smallest absolute Gasteiger partial charge is 0.269 e. The molecule has 0 atom stereocenters. The third-order valence-electron chi connectivity index (χ3n) is 4.54. The molecule has 1 aromatic heterocycles. The van der Waals surface area contributed by atoms with Gasteiger partial charge in [0.05, 0.1) is 28.5 Å². The van der Waals surface area contributed by atoms with E-state index < -0.39 is 4.92 Å². The number of benzene rings is 2. The van der Waals surface area contributed by atoms with Gasteiger partial charge in [0, 0.05) is 17.8 Å². The van der Waals surface area contributed by atoms with Gasteiger partial charge in [0.15, 0.2) is 5.11 Å². The number of nitrogens with zero attached hydrogens (tertiary/aromatic N) is 3. The molecule has 7 nitrogen and oxygen atoms in total. The van der Waals surface area contributed by atoms with Crippen LogP contribution in [0.1, 0.15) is 22.5 Å². The monoisotopic (exact) mass is 395 g/mol. The second kappa shape index (κ2) is 8.18. The summed E-state index contributed by atoms with van der Waals surface area (Å²) in [5, 5.41) is 22.0. The largest absolute Gasteiger partial charge is 0.332 e. The molecule has 0 unspecified atom stereocenters. The van der Waals surface area contributed by atoms with Gasteiger partial charge in [-0.1, -0.05) is 24.3 Å². The average Bonchev–Trinajstić information content (AvgIpc) is 2.91. The molecule has 3 aromatic rings. The Kier molecular flexibility index (Phi) is 5.70. The van der Waals surface area contributed by atoms with Crippen molar-refractivity contribution in [3.63, 3.8) is 0 Å². The van der Waals surface area contributed by atoms with Gasteiger partial charge in [0.2, 0.25) is 0 Å². The average molecular weight is 395 g/mol. The highest BCUT2D eigenvalue weighted by molar-refractivity contribution is 7.80. The van der Waals surface area contributed by atoms with Gasteiger partial charge in [0.25, 0.3) is 5.69 Å². The van der Waals surface area contributed by atoms with Crippen LogP contribution in [-0.4, -0.2) is 19.8 Å². The Hall–Kier alpha value is -3.26. The molecule has 2 N–H and O–H groups in total. The number of anilines is 2. The van der Waals surface area contributed by atoms with E-state index >= 15 is 0 Å². The maximum Gasteiger partial charge on any atom is 0.269 e. The fraction of sp³-hybridized carbons (Fsp3) is 0.200. The number of nitrogens with one attached hydrogen (secondary N) is 2. The number of non-ortho nitro benzene ring substituents is 1. The normalized spacial score (nSPS) is 10.5. The topological polar surface area (TPSA) is 85.0 Å². The van der Waals surface area contributed by atoms with Crippen molar-refractivity contribution in [1.29, 1.82) is 0 Å². The first-order valence-corrected chi connectivity index (χ1v) is 9.17. The first-order valence-electron chi connectivity index (χ1n) is 8.76. The van der Waals surface area contributed by atoms with Gasteiger partial charge in [0.1, 0.15) is 0 Å². The molecule has 0 aliphatic carbocycles. The first kappa shape index (κ1) is 19.5. The van der Waals surface area contributed by atoms with Crippen molar-refractivity contribution in [3.05, 3.63) is 81.2 Å². The van der Waals surface area contributed by atoms with E-state index in [-0.39, 0.29) is 5.69 Å². The van der Waals surface area contributed by atoms with Crippen LogP contribution < -0.4 is 10.6 Å². The van der Waals surface area contributed by atoms with Crippen LogP contribution in [0.15, 0.2) is 48.5 Å². The highest BCUT2D eigenvalue weighted by Gasteiger charge is 2.14. The van der Waals surface area contributed by atoms with E-state index in [9.17, 15) is 10.1 Å². The number of aromatic nitrogens is 2. The molecule has 0 amide bonds. The number of rotatable bonds is 5. The maximum atomic E-state index is 10.7. The van der Waals surface area contributed by atoms with Gasteiger partial charge in [-0.25, -0.2) is 0 Å². The lowest BCUT2D eigenvalue weighted by atomic mass is 10.1. The molecule has 144 valence electrons. The molecule has 0 bridgehead atoms.